The number of rotatable bonds is 5. The molecule has 3 rings (SSSR count). The van der Waals surface area contributed by atoms with Gasteiger partial charge in [-0.3, -0.25) is 9.59 Å². The molecular weight excluding hydrogens is 460 g/mol. The van der Waals surface area contributed by atoms with Gasteiger partial charge in [0.25, 0.3) is 6.43 Å². The molecule has 3 aromatic rings. The minimum absolute atomic E-state index is 0.0259. The van der Waals surface area contributed by atoms with Crippen LogP contribution in [0, 0.1) is 0 Å². The zero-order valence-corrected chi connectivity index (χ0v) is 16.3. The van der Waals surface area contributed by atoms with Crippen LogP contribution in [0.2, 0.25) is 0 Å². The molecule has 0 bridgehead atoms. The molecule has 0 saturated heterocycles. The maximum absolute atomic E-state index is 13.9. The summed E-state index contributed by atoms with van der Waals surface area (Å²) in [5, 5.41) is 0. The minimum atomic E-state index is -5.20. The molecule has 0 spiro atoms. The van der Waals surface area contributed by atoms with Gasteiger partial charge < -0.3 is 0 Å². The van der Waals surface area contributed by atoms with Crippen molar-refractivity contribution >= 4 is 12.1 Å². The summed E-state index contributed by atoms with van der Waals surface area (Å²) >= 11 is 0. The molecule has 0 fully saturated rings. The topological polar surface area (TPSA) is 34.1 Å². The van der Waals surface area contributed by atoms with Gasteiger partial charge in [0.05, 0.1) is 11.1 Å². The van der Waals surface area contributed by atoms with Crippen LogP contribution in [0.4, 0.5) is 35.1 Å². The van der Waals surface area contributed by atoms with E-state index in [1.54, 1.807) is 0 Å². The summed E-state index contributed by atoms with van der Waals surface area (Å²) in [4.78, 5) is 24.8. The van der Waals surface area contributed by atoms with Gasteiger partial charge in [0.15, 0.2) is 12.1 Å². The second-order valence-corrected chi connectivity index (χ2v) is 6.86. The smallest absolute Gasteiger partial charge is 0.298 e. The molecule has 2 nitrogen and oxygen atoms in total. The second kappa shape index (κ2) is 8.76. The van der Waals surface area contributed by atoms with Gasteiger partial charge in [0, 0.05) is 27.8 Å². The summed E-state index contributed by atoms with van der Waals surface area (Å²) in [5.41, 5.74) is -7.27. The number of ketones is 1. The van der Waals surface area contributed by atoms with Crippen LogP contribution in [0.15, 0.2) is 60.7 Å². The van der Waals surface area contributed by atoms with Gasteiger partial charge in [0.2, 0.25) is 0 Å². The van der Waals surface area contributed by atoms with Crippen LogP contribution in [-0.2, 0) is 12.4 Å². The summed E-state index contributed by atoms with van der Waals surface area (Å²) in [6.45, 7) is 0. The van der Waals surface area contributed by atoms with Crippen molar-refractivity contribution in [3.63, 3.8) is 0 Å². The van der Waals surface area contributed by atoms with Crippen molar-refractivity contribution in [3.8, 4) is 11.1 Å². The summed E-state index contributed by atoms with van der Waals surface area (Å²) in [6, 6.07) is 9.21. The van der Waals surface area contributed by atoms with Crippen molar-refractivity contribution in [3.05, 3.63) is 94.0 Å². The average Bonchev–Trinajstić information content (AvgIpc) is 2.76. The van der Waals surface area contributed by atoms with E-state index in [9.17, 15) is 44.7 Å². The molecule has 0 atom stereocenters. The lowest BCUT2D eigenvalue weighted by atomic mass is 9.84. The van der Waals surface area contributed by atoms with E-state index in [1.807, 2.05) is 0 Å². The SMILES string of the molecule is O=Cc1c(C(F)(F)F)cc(C(F)F)c(C(=O)c2ccc(C(F)(F)F)cc2)c1-c1ccccc1. The highest BCUT2D eigenvalue weighted by atomic mass is 19.4. The van der Waals surface area contributed by atoms with E-state index in [1.165, 1.54) is 30.3 Å². The first kappa shape index (κ1) is 24.1. The number of halogens is 8. The van der Waals surface area contributed by atoms with E-state index in [0.29, 0.717) is 12.1 Å². The van der Waals surface area contributed by atoms with Crippen LogP contribution in [0.3, 0.4) is 0 Å². The molecule has 0 aliphatic heterocycles. The molecule has 10 heteroatoms. The van der Waals surface area contributed by atoms with Gasteiger partial charge in [-0.05, 0) is 23.8 Å². The van der Waals surface area contributed by atoms with Gasteiger partial charge in [-0.15, -0.1) is 0 Å². The highest BCUT2D eigenvalue weighted by Crippen LogP contribution is 2.43. The lowest BCUT2D eigenvalue weighted by molar-refractivity contribution is -0.138. The zero-order chi connectivity index (χ0) is 24.6. The fraction of sp³-hybridized carbons (Fsp3) is 0.130. The summed E-state index contributed by atoms with van der Waals surface area (Å²) in [6.07, 6.45) is -13.7. The monoisotopic (exact) mass is 472 g/mol. The molecule has 3 aromatic carbocycles. The Hall–Kier alpha value is -3.56. The summed E-state index contributed by atoms with van der Waals surface area (Å²) < 4.78 is 107. The molecule has 0 aromatic heterocycles. The maximum atomic E-state index is 13.9. The maximum Gasteiger partial charge on any atom is 0.417 e. The molecule has 0 aliphatic carbocycles. The normalized spacial score (nSPS) is 12.2. The van der Waals surface area contributed by atoms with Gasteiger partial charge in [-0.25, -0.2) is 8.78 Å². The van der Waals surface area contributed by atoms with E-state index in [-0.39, 0.29) is 17.9 Å². The Morgan fingerprint density at radius 2 is 1.39 bits per heavy atom. The molecule has 0 radical (unpaired) electrons. The Morgan fingerprint density at radius 1 is 0.818 bits per heavy atom. The molecule has 0 unspecified atom stereocenters. The Bertz CT molecular complexity index is 1180. The molecule has 172 valence electrons. The van der Waals surface area contributed by atoms with E-state index < -0.39 is 63.5 Å². The fourth-order valence-electron chi connectivity index (χ4n) is 3.35. The van der Waals surface area contributed by atoms with Gasteiger partial charge in [0.1, 0.15) is 0 Å². The lowest BCUT2D eigenvalue weighted by Gasteiger charge is -2.21. The molecule has 0 N–H and O–H groups in total. The number of hydrogen-bond donors (Lipinski definition) is 0. The van der Waals surface area contributed by atoms with Gasteiger partial charge >= 0.3 is 12.4 Å². The van der Waals surface area contributed by atoms with Crippen LogP contribution in [0.1, 0.15) is 49.4 Å². The summed E-state index contributed by atoms with van der Waals surface area (Å²) in [5.74, 6) is -1.25. The largest absolute Gasteiger partial charge is 0.417 e. The predicted octanol–water partition coefficient (Wildman–Crippen LogP) is 7.37. The highest BCUT2D eigenvalue weighted by molar-refractivity contribution is 6.16. The van der Waals surface area contributed by atoms with Crippen molar-refractivity contribution in [1.82, 2.24) is 0 Å². The Morgan fingerprint density at radius 3 is 1.85 bits per heavy atom. The van der Waals surface area contributed by atoms with Crippen LogP contribution in [-0.4, -0.2) is 12.1 Å². The Kier molecular flexibility index (Phi) is 6.40. The molecule has 0 amide bonds. The lowest BCUT2D eigenvalue weighted by Crippen LogP contribution is -2.17. The number of aldehydes is 1. The van der Waals surface area contributed by atoms with E-state index in [2.05, 4.69) is 0 Å². The highest BCUT2D eigenvalue weighted by Gasteiger charge is 2.39. The number of hydrogen-bond acceptors (Lipinski definition) is 2. The number of benzene rings is 3. The third-order valence-corrected chi connectivity index (χ3v) is 4.82. The van der Waals surface area contributed by atoms with Crippen molar-refractivity contribution in [1.29, 1.82) is 0 Å². The van der Waals surface area contributed by atoms with Crippen molar-refractivity contribution < 1.29 is 44.7 Å². The minimum Gasteiger partial charge on any atom is -0.298 e. The number of alkyl halides is 8. The van der Waals surface area contributed by atoms with Crippen LogP contribution in [0.5, 0.6) is 0 Å². The zero-order valence-electron chi connectivity index (χ0n) is 16.3. The van der Waals surface area contributed by atoms with Crippen LogP contribution in [0.25, 0.3) is 11.1 Å². The molecule has 0 aliphatic rings. The average molecular weight is 472 g/mol. The van der Waals surface area contributed by atoms with E-state index in [0.717, 1.165) is 12.1 Å². The number of carbonyl (C=O) groups is 2. The Balaban J connectivity index is 2.38. The standard InChI is InChI=1S/C23H12F8O2/c24-21(25)15-10-17(23(29,30)31)16(11-32)18(12-4-2-1-3-5-12)19(15)20(33)13-6-8-14(9-7-13)22(26,27)28/h1-11,21H. The van der Waals surface area contributed by atoms with Crippen molar-refractivity contribution in [2.75, 3.05) is 0 Å². The first-order valence-corrected chi connectivity index (χ1v) is 9.15. The van der Waals surface area contributed by atoms with Crippen molar-refractivity contribution in [2.24, 2.45) is 0 Å². The quantitative estimate of drug-likeness (QED) is 0.221. The second-order valence-electron chi connectivity index (χ2n) is 6.86. The van der Waals surface area contributed by atoms with Gasteiger partial charge in [-0.2, -0.15) is 26.3 Å². The van der Waals surface area contributed by atoms with E-state index in [4.69, 9.17) is 0 Å². The molecule has 0 saturated carbocycles. The third-order valence-electron chi connectivity index (χ3n) is 4.82. The summed E-state index contributed by atoms with van der Waals surface area (Å²) in [7, 11) is 0. The predicted molar refractivity (Wildman–Crippen MR) is 102 cm³/mol. The number of carbonyl (C=O) groups excluding carboxylic acids is 2. The molecule has 33 heavy (non-hydrogen) atoms. The van der Waals surface area contributed by atoms with Crippen LogP contribution >= 0.6 is 0 Å². The molecule has 0 heterocycles. The first-order valence-electron chi connectivity index (χ1n) is 9.15. The fourth-order valence-corrected chi connectivity index (χ4v) is 3.35. The van der Waals surface area contributed by atoms with Crippen molar-refractivity contribution in [2.45, 2.75) is 18.8 Å². The van der Waals surface area contributed by atoms with Crippen LogP contribution < -0.4 is 0 Å². The van der Waals surface area contributed by atoms with Gasteiger partial charge in [-0.1, -0.05) is 42.5 Å². The van der Waals surface area contributed by atoms with E-state index >= 15 is 0 Å². The Labute approximate surface area is 181 Å². The third kappa shape index (κ3) is 4.79. The molecular formula is C23H12F8O2. The first-order chi connectivity index (χ1) is 15.4.